The standard InChI is InChI=1S/C22H17N3O2/c1-15-7-9-19(10-8-15)21-24-25-22(27-21)23-20(26)18-13-11-17(12-14-18)16-5-3-2-4-6-16/h2-14H,1H3,(H,23,25,26). The van der Waals surface area contributed by atoms with E-state index in [0.717, 1.165) is 22.3 Å². The summed E-state index contributed by atoms with van der Waals surface area (Å²) in [7, 11) is 0. The van der Waals surface area contributed by atoms with E-state index < -0.39 is 0 Å². The molecule has 5 heteroatoms. The highest BCUT2D eigenvalue weighted by atomic mass is 16.4. The molecule has 0 aliphatic heterocycles. The molecule has 27 heavy (non-hydrogen) atoms. The van der Waals surface area contributed by atoms with E-state index in [2.05, 4.69) is 15.5 Å². The monoisotopic (exact) mass is 355 g/mol. The zero-order chi connectivity index (χ0) is 18.6. The number of aromatic nitrogens is 2. The first-order valence-corrected chi connectivity index (χ1v) is 8.56. The predicted molar refractivity (Wildman–Crippen MR) is 104 cm³/mol. The maximum absolute atomic E-state index is 12.4. The number of hydrogen-bond acceptors (Lipinski definition) is 4. The average Bonchev–Trinajstić information content (AvgIpc) is 3.18. The van der Waals surface area contributed by atoms with Gasteiger partial charge in [-0.05, 0) is 42.3 Å². The summed E-state index contributed by atoms with van der Waals surface area (Å²) in [6, 6.07) is 25.2. The molecule has 1 aromatic heterocycles. The van der Waals surface area contributed by atoms with E-state index in [1.165, 1.54) is 0 Å². The van der Waals surface area contributed by atoms with Crippen LogP contribution in [0.1, 0.15) is 15.9 Å². The number of nitrogens with one attached hydrogen (secondary N) is 1. The zero-order valence-corrected chi connectivity index (χ0v) is 14.7. The smallest absolute Gasteiger partial charge is 0.322 e. The summed E-state index contributed by atoms with van der Waals surface area (Å²) in [5, 5.41) is 10.5. The highest BCUT2D eigenvalue weighted by Crippen LogP contribution is 2.22. The molecule has 0 saturated carbocycles. The van der Waals surface area contributed by atoms with E-state index in [1.54, 1.807) is 12.1 Å². The van der Waals surface area contributed by atoms with Crippen LogP contribution in [0.25, 0.3) is 22.6 Å². The minimum atomic E-state index is -0.297. The Morgan fingerprint density at radius 3 is 2.11 bits per heavy atom. The van der Waals surface area contributed by atoms with E-state index in [0.29, 0.717) is 11.5 Å². The Balaban J connectivity index is 1.47. The lowest BCUT2D eigenvalue weighted by Crippen LogP contribution is -2.11. The van der Waals surface area contributed by atoms with Gasteiger partial charge in [0.2, 0.25) is 5.89 Å². The van der Waals surface area contributed by atoms with Gasteiger partial charge in [-0.1, -0.05) is 65.3 Å². The largest absolute Gasteiger partial charge is 0.403 e. The van der Waals surface area contributed by atoms with Gasteiger partial charge in [0.15, 0.2) is 0 Å². The summed E-state index contributed by atoms with van der Waals surface area (Å²) in [5.74, 6) is 0.0680. The zero-order valence-electron chi connectivity index (χ0n) is 14.7. The van der Waals surface area contributed by atoms with Crippen molar-refractivity contribution in [3.05, 3.63) is 90.0 Å². The third kappa shape index (κ3) is 3.77. The predicted octanol–water partition coefficient (Wildman–Crippen LogP) is 4.96. The van der Waals surface area contributed by atoms with Gasteiger partial charge in [-0.3, -0.25) is 10.1 Å². The van der Waals surface area contributed by atoms with Gasteiger partial charge in [-0.2, -0.15) is 0 Å². The van der Waals surface area contributed by atoms with Crippen LogP contribution in [-0.2, 0) is 0 Å². The summed E-state index contributed by atoms with van der Waals surface area (Å²) < 4.78 is 5.54. The van der Waals surface area contributed by atoms with Crippen molar-refractivity contribution >= 4 is 11.9 Å². The summed E-state index contributed by atoms with van der Waals surface area (Å²) >= 11 is 0. The number of carbonyl (C=O) groups is 1. The second kappa shape index (κ2) is 7.25. The number of nitrogens with zero attached hydrogens (tertiary/aromatic N) is 2. The molecule has 0 spiro atoms. The molecule has 1 heterocycles. The van der Waals surface area contributed by atoms with Gasteiger partial charge in [0.1, 0.15) is 0 Å². The van der Waals surface area contributed by atoms with Crippen molar-refractivity contribution in [2.24, 2.45) is 0 Å². The van der Waals surface area contributed by atoms with Crippen molar-refractivity contribution in [2.75, 3.05) is 5.32 Å². The first kappa shape index (κ1) is 16.7. The number of anilines is 1. The molecule has 0 fully saturated rings. The lowest BCUT2D eigenvalue weighted by molar-refractivity contribution is 0.102. The normalized spacial score (nSPS) is 10.6. The number of rotatable bonds is 4. The summed E-state index contributed by atoms with van der Waals surface area (Å²) in [5.41, 5.74) is 4.62. The number of aryl methyl sites for hydroxylation is 1. The summed E-state index contributed by atoms with van der Waals surface area (Å²) in [6.45, 7) is 2.01. The van der Waals surface area contributed by atoms with Crippen LogP contribution in [0.5, 0.6) is 0 Å². The van der Waals surface area contributed by atoms with Gasteiger partial charge in [0.05, 0.1) is 0 Å². The average molecular weight is 355 g/mol. The Labute approximate surface area is 156 Å². The fourth-order valence-electron chi connectivity index (χ4n) is 2.70. The lowest BCUT2D eigenvalue weighted by atomic mass is 10.0. The van der Waals surface area contributed by atoms with Crippen LogP contribution in [0.2, 0.25) is 0 Å². The molecular formula is C22H17N3O2. The SMILES string of the molecule is Cc1ccc(-c2nnc(NC(=O)c3ccc(-c4ccccc4)cc3)o2)cc1. The molecule has 0 unspecified atom stereocenters. The Morgan fingerprint density at radius 2 is 1.41 bits per heavy atom. The molecule has 0 saturated heterocycles. The molecule has 0 bridgehead atoms. The van der Waals surface area contributed by atoms with Gasteiger partial charge in [0, 0.05) is 11.1 Å². The van der Waals surface area contributed by atoms with Crippen molar-refractivity contribution in [1.82, 2.24) is 10.2 Å². The molecule has 0 atom stereocenters. The van der Waals surface area contributed by atoms with Crippen LogP contribution >= 0.6 is 0 Å². The summed E-state index contributed by atoms with van der Waals surface area (Å²) in [4.78, 5) is 12.4. The second-order valence-electron chi connectivity index (χ2n) is 6.18. The molecule has 0 radical (unpaired) electrons. The summed E-state index contributed by atoms with van der Waals surface area (Å²) in [6.07, 6.45) is 0. The van der Waals surface area contributed by atoms with Crippen LogP contribution < -0.4 is 5.32 Å². The minimum Gasteiger partial charge on any atom is -0.403 e. The fraction of sp³-hybridized carbons (Fsp3) is 0.0455. The molecule has 0 aliphatic rings. The van der Waals surface area contributed by atoms with Crippen molar-refractivity contribution in [3.8, 4) is 22.6 Å². The van der Waals surface area contributed by atoms with E-state index in [4.69, 9.17) is 4.42 Å². The first-order chi connectivity index (χ1) is 13.2. The third-order valence-electron chi connectivity index (χ3n) is 4.20. The van der Waals surface area contributed by atoms with Crippen LogP contribution in [0.4, 0.5) is 6.01 Å². The highest BCUT2D eigenvalue weighted by molar-refractivity contribution is 6.03. The van der Waals surface area contributed by atoms with Gasteiger partial charge in [-0.25, -0.2) is 0 Å². The van der Waals surface area contributed by atoms with Crippen LogP contribution in [0.3, 0.4) is 0 Å². The van der Waals surface area contributed by atoms with E-state index in [-0.39, 0.29) is 11.9 Å². The molecular weight excluding hydrogens is 338 g/mol. The molecule has 0 aliphatic carbocycles. The van der Waals surface area contributed by atoms with Crippen molar-refractivity contribution in [3.63, 3.8) is 0 Å². The van der Waals surface area contributed by atoms with Gasteiger partial charge < -0.3 is 4.42 Å². The molecule has 1 N–H and O–H groups in total. The Kier molecular flexibility index (Phi) is 4.49. The molecule has 3 aromatic carbocycles. The molecule has 1 amide bonds. The third-order valence-corrected chi connectivity index (χ3v) is 4.20. The Bertz CT molecular complexity index is 1050. The number of carbonyl (C=O) groups excluding carboxylic acids is 1. The minimum absolute atomic E-state index is 0.0720. The van der Waals surface area contributed by atoms with Crippen molar-refractivity contribution in [2.45, 2.75) is 6.92 Å². The highest BCUT2D eigenvalue weighted by Gasteiger charge is 2.13. The Morgan fingerprint density at radius 1 is 0.778 bits per heavy atom. The molecule has 132 valence electrons. The van der Waals surface area contributed by atoms with Crippen LogP contribution in [-0.4, -0.2) is 16.1 Å². The second-order valence-corrected chi connectivity index (χ2v) is 6.18. The molecule has 4 rings (SSSR count). The van der Waals surface area contributed by atoms with Crippen molar-refractivity contribution in [1.29, 1.82) is 0 Å². The Hall–Kier alpha value is -3.73. The molecule has 5 nitrogen and oxygen atoms in total. The number of benzene rings is 3. The quantitative estimate of drug-likeness (QED) is 0.561. The van der Waals surface area contributed by atoms with Gasteiger partial charge >= 0.3 is 6.01 Å². The topological polar surface area (TPSA) is 68.0 Å². The van der Waals surface area contributed by atoms with E-state index >= 15 is 0 Å². The lowest BCUT2D eigenvalue weighted by Gasteiger charge is -2.04. The molecule has 4 aromatic rings. The maximum Gasteiger partial charge on any atom is 0.322 e. The van der Waals surface area contributed by atoms with E-state index in [9.17, 15) is 4.79 Å². The fourth-order valence-corrected chi connectivity index (χ4v) is 2.70. The first-order valence-electron chi connectivity index (χ1n) is 8.56. The van der Waals surface area contributed by atoms with Gasteiger partial charge in [0.25, 0.3) is 5.91 Å². The van der Waals surface area contributed by atoms with Crippen LogP contribution in [0, 0.1) is 6.92 Å². The number of amides is 1. The van der Waals surface area contributed by atoms with Crippen LogP contribution in [0.15, 0.2) is 83.3 Å². The van der Waals surface area contributed by atoms with Crippen molar-refractivity contribution < 1.29 is 9.21 Å². The number of hydrogen-bond donors (Lipinski definition) is 1. The maximum atomic E-state index is 12.4. The van der Waals surface area contributed by atoms with Gasteiger partial charge in [-0.15, -0.1) is 5.10 Å². The van der Waals surface area contributed by atoms with E-state index in [1.807, 2.05) is 73.7 Å².